The molecule has 1 atom stereocenters. The van der Waals surface area contributed by atoms with Crippen molar-refractivity contribution in [3.8, 4) is 0 Å². The Morgan fingerprint density at radius 3 is 2.48 bits per heavy atom. The average molecular weight is 360 g/mol. The van der Waals surface area contributed by atoms with Crippen LogP contribution in [0.25, 0.3) is 6.08 Å². The molecule has 0 fully saturated rings. The molecule has 3 rings (SSSR count). The van der Waals surface area contributed by atoms with Gasteiger partial charge in [0.15, 0.2) is 0 Å². The second-order valence-electron chi connectivity index (χ2n) is 6.34. The Morgan fingerprint density at radius 1 is 1.15 bits per heavy atom. The van der Waals surface area contributed by atoms with Crippen molar-refractivity contribution in [1.82, 2.24) is 5.01 Å². The Balaban J connectivity index is 1.86. The van der Waals surface area contributed by atoms with Gasteiger partial charge < -0.3 is 4.74 Å². The van der Waals surface area contributed by atoms with Crippen LogP contribution in [0.5, 0.6) is 0 Å². The Morgan fingerprint density at radius 2 is 1.81 bits per heavy atom. The van der Waals surface area contributed by atoms with E-state index in [1.807, 2.05) is 48.3 Å². The van der Waals surface area contributed by atoms with Crippen molar-refractivity contribution in [1.29, 1.82) is 0 Å². The van der Waals surface area contributed by atoms with E-state index >= 15 is 0 Å². The fourth-order valence-corrected chi connectivity index (χ4v) is 3.03. The van der Waals surface area contributed by atoms with Crippen LogP contribution in [0.3, 0.4) is 0 Å². The highest BCUT2D eigenvalue weighted by Gasteiger charge is 2.26. The number of benzene rings is 2. The van der Waals surface area contributed by atoms with E-state index in [9.17, 15) is 4.79 Å². The highest BCUT2D eigenvalue weighted by atomic mass is 16.5. The molecule has 1 aliphatic heterocycles. The van der Waals surface area contributed by atoms with Crippen molar-refractivity contribution in [2.24, 2.45) is 5.10 Å². The lowest BCUT2D eigenvalue weighted by Crippen LogP contribution is -2.23. The number of ether oxygens (including phenoxy) is 1. The molecule has 138 valence electrons. The zero-order valence-electron chi connectivity index (χ0n) is 15.7. The Labute approximate surface area is 160 Å². The monoisotopic (exact) mass is 360 g/mol. The molecule has 0 saturated heterocycles. The molecule has 1 heterocycles. The minimum atomic E-state index is -0.343. The van der Waals surface area contributed by atoms with E-state index in [0.717, 1.165) is 29.0 Å². The maximum absolute atomic E-state index is 11.9. The van der Waals surface area contributed by atoms with Crippen LogP contribution < -0.4 is 0 Å². The van der Waals surface area contributed by atoms with Crippen LogP contribution in [-0.4, -0.2) is 29.3 Å². The molecule has 4 heteroatoms. The van der Waals surface area contributed by atoms with E-state index in [4.69, 9.17) is 9.84 Å². The van der Waals surface area contributed by atoms with Gasteiger partial charge in [-0.05, 0) is 25.0 Å². The maximum atomic E-state index is 11.9. The highest BCUT2D eigenvalue weighted by Crippen LogP contribution is 2.25. The van der Waals surface area contributed by atoms with E-state index in [0.29, 0.717) is 6.61 Å². The Kier molecular flexibility index (Phi) is 6.21. The Hall–Kier alpha value is -3.14. The smallest absolute Gasteiger partial charge is 0.332 e. The number of hydrazone groups is 1. The summed E-state index contributed by atoms with van der Waals surface area (Å²) in [5.41, 5.74) is 4.01. The van der Waals surface area contributed by atoms with E-state index in [-0.39, 0.29) is 12.0 Å². The zero-order valence-corrected chi connectivity index (χ0v) is 15.7. The minimum absolute atomic E-state index is 0.0473. The summed E-state index contributed by atoms with van der Waals surface area (Å²) in [5.74, 6) is -0.343. The van der Waals surface area contributed by atoms with Gasteiger partial charge in [-0.25, -0.2) is 4.79 Å². The largest absolute Gasteiger partial charge is 0.463 e. The normalized spacial score (nSPS) is 17.3. The van der Waals surface area contributed by atoms with E-state index in [2.05, 4.69) is 36.4 Å². The van der Waals surface area contributed by atoms with Gasteiger partial charge in [0, 0.05) is 18.2 Å². The average Bonchev–Trinajstić information content (AvgIpc) is 3.12. The molecule has 2 aromatic carbocycles. The Bertz CT molecular complexity index is 854. The molecule has 0 bridgehead atoms. The molecule has 4 nitrogen and oxygen atoms in total. The van der Waals surface area contributed by atoms with Crippen molar-refractivity contribution in [3.63, 3.8) is 0 Å². The molecule has 27 heavy (non-hydrogen) atoms. The van der Waals surface area contributed by atoms with Crippen molar-refractivity contribution in [3.05, 3.63) is 89.6 Å². The number of nitrogens with zero attached hydrogens (tertiary/aromatic N) is 2. The number of hydrogen-bond donors (Lipinski definition) is 0. The summed E-state index contributed by atoms with van der Waals surface area (Å²) in [4.78, 5) is 11.9. The molecule has 1 aliphatic rings. The van der Waals surface area contributed by atoms with Crippen molar-refractivity contribution >= 4 is 17.8 Å². The maximum Gasteiger partial charge on any atom is 0.332 e. The van der Waals surface area contributed by atoms with Gasteiger partial charge >= 0.3 is 5.97 Å². The first-order valence-corrected chi connectivity index (χ1v) is 9.18. The molecule has 0 spiro atoms. The van der Waals surface area contributed by atoms with Crippen LogP contribution >= 0.6 is 0 Å². The number of rotatable bonds is 6. The summed E-state index contributed by atoms with van der Waals surface area (Å²) < 4.78 is 5.04. The fraction of sp³-hybridized carbons (Fsp3) is 0.217. The topological polar surface area (TPSA) is 41.9 Å². The number of allylic oxidation sites excluding steroid dienone is 1. The third-order valence-corrected chi connectivity index (χ3v) is 4.34. The first-order valence-electron chi connectivity index (χ1n) is 9.18. The van der Waals surface area contributed by atoms with Gasteiger partial charge in [0.05, 0.1) is 18.4 Å². The van der Waals surface area contributed by atoms with Crippen molar-refractivity contribution in [2.45, 2.75) is 26.3 Å². The molecular weight excluding hydrogens is 336 g/mol. The summed E-state index contributed by atoms with van der Waals surface area (Å²) >= 11 is 0. The summed E-state index contributed by atoms with van der Waals surface area (Å²) in [6.07, 6.45) is 6.52. The summed E-state index contributed by atoms with van der Waals surface area (Å²) in [6.45, 7) is 4.05. The van der Waals surface area contributed by atoms with Gasteiger partial charge in [0.25, 0.3) is 0 Å². The molecule has 0 N–H and O–H groups in total. The van der Waals surface area contributed by atoms with Crippen LogP contribution in [0.15, 0.2) is 83.6 Å². The van der Waals surface area contributed by atoms with Gasteiger partial charge in [-0.3, -0.25) is 5.01 Å². The van der Waals surface area contributed by atoms with Crippen LogP contribution in [0.2, 0.25) is 0 Å². The molecule has 0 radical (unpaired) electrons. The quantitative estimate of drug-likeness (QED) is 0.556. The predicted octanol–water partition coefficient (Wildman–Crippen LogP) is 4.65. The third kappa shape index (κ3) is 4.94. The molecule has 0 amide bonds. The summed E-state index contributed by atoms with van der Waals surface area (Å²) in [7, 11) is 0. The summed E-state index contributed by atoms with van der Waals surface area (Å²) in [5, 5.41) is 6.69. The van der Waals surface area contributed by atoms with Crippen LogP contribution in [0, 0.1) is 0 Å². The second kappa shape index (κ2) is 8.99. The highest BCUT2D eigenvalue weighted by molar-refractivity contribution is 6.02. The SMILES string of the molecule is CCOC(=O)/C=C(\C)N1N=C(c2ccccc2)C[C@H]1/C=C/c1ccccc1. The third-order valence-electron chi connectivity index (χ3n) is 4.34. The molecule has 2 aromatic rings. The number of esters is 1. The van der Waals surface area contributed by atoms with Crippen molar-refractivity contribution in [2.75, 3.05) is 6.61 Å². The van der Waals surface area contributed by atoms with Gasteiger partial charge in [0.2, 0.25) is 0 Å². The number of carbonyl (C=O) groups is 1. The zero-order chi connectivity index (χ0) is 19.1. The molecule has 0 aromatic heterocycles. The predicted molar refractivity (Wildman–Crippen MR) is 109 cm³/mol. The first kappa shape index (κ1) is 18.6. The molecule has 0 aliphatic carbocycles. The van der Waals surface area contributed by atoms with Crippen LogP contribution in [-0.2, 0) is 9.53 Å². The number of hydrogen-bond acceptors (Lipinski definition) is 4. The molecule has 0 unspecified atom stereocenters. The first-order chi connectivity index (χ1) is 13.2. The standard InChI is InChI=1S/C23H24N2O2/c1-3-27-23(26)16-18(2)25-21(15-14-19-10-6-4-7-11-19)17-22(24-25)20-12-8-5-9-13-20/h4-16,21H,3,17H2,1-2H3/b15-14+,18-16+/t21-/m1/s1. The molecule has 0 saturated carbocycles. The van der Waals surface area contributed by atoms with Crippen molar-refractivity contribution < 1.29 is 9.53 Å². The van der Waals surface area contributed by atoms with Gasteiger partial charge in [0.1, 0.15) is 0 Å². The second-order valence-corrected chi connectivity index (χ2v) is 6.34. The van der Waals surface area contributed by atoms with Crippen LogP contribution in [0.1, 0.15) is 31.4 Å². The van der Waals surface area contributed by atoms with Gasteiger partial charge in [-0.1, -0.05) is 72.8 Å². The van der Waals surface area contributed by atoms with Gasteiger partial charge in [-0.2, -0.15) is 5.10 Å². The lowest BCUT2D eigenvalue weighted by molar-refractivity contribution is -0.137. The lowest BCUT2D eigenvalue weighted by atomic mass is 10.0. The van der Waals surface area contributed by atoms with E-state index in [1.165, 1.54) is 6.08 Å². The minimum Gasteiger partial charge on any atom is -0.463 e. The van der Waals surface area contributed by atoms with Gasteiger partial charge in [-0.15, -0.1) is 0 Å². The van der Waals surface area contributed by atoms with E-state index in [1.54, 1.807) is 6.92 Å². The van der Waals surface area contributed by atoms with Crippen LogP contribution in [0.4, 0.5) is 0 Å². The summed E-state index contributed by atoms with van der Waals surface area (Å²) in [6, 6.07) is 20.4. The fourth-order valence-electron chi connectivity index (χ4n) is 3.03. The molecular formula is C23H24N2O2. The van der Waals surface area contributed by atoms with E-state index < -0.39 is 0 Å². The number of carbonyl (C=O) groups excluding carboxylic acids is 1. The lowest BCUT2D eigenvalue weighted by Gasteiger charge is -2.21.